The Morgan fingerprint density at radius 3 is 1.08 bits per heavy atom. The Labute approximate surface area is 285 Å². The van der Waals surface area contributed by atoms with Gasteiger partial charge in [0.1, 0.15) is 11.5 Å². The van der Waals surface area contributed by atoms with E-state index >= 15 is 0 Å². The molecular formula is C28H26F18O7. The van der Waals surface area contributed by atoms with Gasteiger partial charge in [0.15, 0.2) is 17.5 Å². The van der Waals surface area contributed by atoms with Crippen molar-refractivity contribution in [1.29, 1.82) is 0 Å². The van der Waals surface area contributed by atoms with Crippen LogP contribution in [0.1, 0.15) is 49.9 Å². The molecule has 2 aromatic carbocycles. The van der Waals surface area contributed by atoms with Crippen molar-refractivity contribution in [3.05, 3.63) is 58.7 Å². The molecule has 0 aliphatic rings. The van der Waals surface area contributed by atoms with Gasteiger partial charge in [-0.1, -0.05) is 0 Å². The van der Waals surface area contributed by atoms with Crippen LogP contribution in [0, 0.1) is 0 Å². The van der Waals surface area contributed by atoms with Crippen molar-refractivity contribution in [2.75, 3.05) is 6.61 Å². The lowest BCUT2D eigenvalue weighted by molar-refractivity contribution is -0.376. The summed E-state index contributed by atoms with van der Waals surface area (Å²) in [6.07, 6.45) is -37.6. The Bertz CT molecular complexity index is 1520. The predicted octanol–water partition coefficient (Wildman–Crippen LogP) is 8.00. The van der Waals surface area contributed by atoms with Crippen LogP contribution < -0.4 is 4.74 Å². The van der Waals surface area contributed by atoms with E-state index in [0.717, 1.165) is 0 Å². The van der Waals surface area contributed by atoms with Gasteiger partial charge in [0.25, 0.3) is 11.2 Å². The first kappa shape index (κ1) is 47.6. The molecule has 0 aromatic heterocycles. The van der Waals surface area contributed by atoms with Gasteiger partial charge in [-0.25, -0.2) is 0 Å². The molecule has 0 spiro atoms. The highest BCUT2D eigenvalue weighted by atomic mass is 19.4. The van der Waals surface area contributed by atoms with Crippen molar-refractivity contribution >= 4 is 0 Å². The number of alkyl halides is 18. The van der Waals surface area contributed by atoms with Crippen LogP contribution in [0.2, 0.25) is 0 Å². The van der Waals surface area contributed by atoms with Crippen LogP contribution in [0.15, 0.2) is 36.4 Å². The Balaban J connectivity index is 0.000000540. The molecule has 0 amide bonds. The van der Waals surface area contributed by atoms with Gasteiger partial charge < -0.3 is 35.0 Å². The summed E-state index contributed by atoms with van der Waals surface area (Å²) in [6.45, 7) is 2.84. The fraction of sp³-hybridized carbons (Fsp3) is 0.571. The quantitative estimate of drug-likeness (QED) is 0.135. The minimum atomic E-state index is -6.36. The van der Waals surface area contributed by atoms with Crippen LogP contribution >= 0.6 is 0 Å². The maximum Gasteiger partial charge on any atom is 0.430 e. The van der Waals surface area contributed by atoms with Gasteiger partial charge in [0, 0.05) is 17.7 Å². The molecule has 53 heavy (non-hydrogen) atoms. The van der Waals surface area contributed by atoms with Crippen LogP contribution in [-0.4, -0.2) is 75.5 Å². The SMILES string of the molecule is CC(O)(c1cc(O)cc(C(O)(C(F)(F)F)C(F)(F)F)c1)C(F)(F)F.CCOC(C)Oc1cc(C(C)(O)C(F)(F)F)cc(C(O)(C(F)(F)F)C(F)(F)F)c1. The number of phenols is 1. The Morgan fingerprint density at radius 1 is 0.491 bits per heavy atom. The van der Waals surface area contributed by atoms with E-state index in [2.05, 4.69) is 0 Å². The number of benzene rings is 2. The van der Waals surface area contributed by atoms with Crippen molar-refractivity contribution in [1.82, 2.24) is 0 Å². The number of phenolic OH excluding ortho intramolecular Hbond substituents is 1. The van der Waals surface area contributed by atoms with Crippen LogP contribution in [0.5, 0.6) is 11.5 Å². The van der Waals surface area contributed by atoms with Crippen LogP contribution in [0.25, 0.3) is 0 Å². The summed E-state index contributed by atoms with van der Waals surface area (Å²) in [6, 6.07) is -0.145. The van der Waals surface area contributed by atoms with E-state index in [1.165, 1.54) is 13.8 Å². The zero-order chi connectivity index (χ0) is 42.4. The number of hydrogen-bond donors (Lipinski definition) is 5. The topological polar surface area (TPSA) is 120 Å². The van der Waals surface area contributed by atoms with Gasteiger partial charge in [0.2, 0.25) is 0 Å². The molecule has 0 fully saturated rings. The summed E-state index contributed by atoms with van der Waals surface area (Å²) < 4.78 is 243. The number of rotatable bonds is 8. The highest BCUT2D eigenvalue weighted by molar-refractivity contribution is 5.43. The van der Waals surface area contributed by atoms with Gasteiger partial charge in [0.05, 0.1) is 0 Å². The number of aliphatic hydroxyl groups is 4. The zero-order valence-corrected chi connectivity index (χ0v) is 26.6. The Kier molecular flexibility index (Phi) is 13.2. The molecule has 0 aliphatic heterocycles. The highest BCUT2D eigenvalue weighted by Crippen LogP contribution is 2.53. The minimum absolute atomic E-state index is 0.00300. The Morgan fingerprint density at radius 2 is 0.774 bits per heavy atom. The number of ether oxygens (including phenoxy) is 2. The molecule has 3 atom stereocenters. The monoisotopic (exact) mass is 816 g/mol. The minimum Gasteiger partial charge on any atom is -0.508 e. The summed E-state index contributed by atoms with van der Waals surface area (Å²) in [5, 5.41) is 46.9. The van der Waals surface area contributed by atoms with Crippen molar-refractivity contribution in [2.24, 2.45) is 0 Å². The summed E-state index contributed by atoms with van der Waals surface area (Å²) in [7, 11) is 0. The van der Waals surface area contributed by atoms with Crippen molar-refractivity contribution < 1.29 is 114 Å². The molecule has 7 nitrogen and oxygen atoms in total. The molecule has 2 rings (SSSR count). The second kappa shape index (κ2) is 14.7. The molecule has 0 saturated carbocycles. The predicted molar refractivity (Wildman–Crippen MR) is 140 cm³/mol. The largest absolute Gasteiger partial charge is 0.508 e. The molecule has 0 radical (unpaired) electrons. The van der Waals surface area contributed by atoms with E-state index in [1.807, 2.05) is 0 Å². The molecule has 0 heterocycles. The molecule has 0 saturated heterocycles. The lowest BCUT2D eigenvalue weighted by Gasteiger charge is -2.34. The van der Waals surface area contributed by atoms with Crippen molar-refractivity contribution in [2.45, 2.75) is 93.4 Å². The van der Waals surface area contributed by atoms with E-state index in [4.69, 9.17) is 14.6 Å². The average Bonchev–Trinajstić information content (AvgIpc) is 2.92. The van der Waals surface area contributed by atoms with Gasteiger partial charge >= 0.3 is 37.1 Å². The van der Waals surface area contributed by atoms with Crippen LogP contribution in [0.3, 0.4) is 0 Å². The number of hydrogen-bond acceptors (Lipinski definition) is 7. The fourth-order valence-electron chi connectivity index (χ4n) is 4.02. The molecule has 306 valence electrons. The Hall–Kier alpha value is -3.42. The third-order valence-electron chi connectivity index (χ3n) is 7.23. The standard InChI is InChI=1S/C16H17F9O4.C12H9F9O3/c1-4-28-8(2)29-11-6-9(12(3,26)14(17,18)19)5-10(7-11)13(27,15(20,21)22)16(23,24)25;1-8(23,10(13,14)15)5-2-6(4-7(22)3-5)9(24,11(16,17)18)12(19,20)21/h5-8,26-27H,4H2,1-3H3;2-4,22-24H,1H3. The van der Waals surface area contributed by atoms with E-state index in [9.17, 15) is 99.5 Å². The molecule has 0 bridgehead atoms. The van der Waals surface area contributed by atoms with E-state index in [0.29, 0.717) is 6.07 Å². The summed E-state index contributed by atoms with van der Waals surface area (Å²) >= 11 is 0. The maximum absolute atomic E-state index is 13.1. The second-order valence-electron chi connectivity index (χ2n) is 11.2. The second-order valence-corrected chi connectivity index (χ2v) is 11.2. The maximum atomic E-state index is 13.1. The summed E-state index contributed by atoms with van der Waals surface area (Å²) in [5.74, 6) is -2.37. The smallest absolute Gasteiger partial charge is 0.430 e. The molecule has 3 unspecified atom stereocenters. The first-order valence-electron chi connectivity index (χ1n) is 13.7. The number of aromatic hydroxyl groups is 1. The summed E-state index contributed by atoms with van der Waals surface area (Å²) in [5.41, 5.74) is -25.9. The van der Waals surface area contributed by atoms with Crippen LogP contribution in [-0.2, 0) is 27.1 Å². The first-order valence-corrected chi connectivity index (χ1v) is 13.7. The van der Waals surface area contributed by atoms with E-state index in [1.54, 1.807) is 0 Å². The molecule has 0 aliphatic carbocycles. The fourth-order valence-corrected chi connectivity index (χ4v) is 4.02. The van der Waals surface area contributed by atoms with E-state index in [-0.39, 0.29) is 50.8 Å². The lowest BCUT2D eigenvalue weighted by Crippen LogP contribution is -2.54. The average molecular weight is 816 g/mol. The molecular weight excluding hydrogens is 790 g/mol. The van der Waals surface area contributed by atoms with E-state index < -0.39 is 99.5 Å². The third-order valence-corrected chi connectivity index (χ3v) is 7.23. The molecule has 5 N–H and O–H groups in total. The first-order chi connectivity index (χ1) is 23.1. The highest BCUT2D eigenvalue weighted by Gasteiger charge is 2.73. The van der Waals surface area contributed by atoms with Crippen molar-refractivity contribution in [3.63, 3.8) is 0 Å². The van der Waals surface area contributed by atoms with Crippen LogP contribution in [0.4, 0.5) is 79.0 Å². The lowest BCUT2D eigenvalue weighted by atomic mass is 9.86. The molecule has 25 heteroatoms. The normalized spacial score (nSPS) is 16.9. The van der Waals surface area contributed by atoms with Crippen molar-refractivity contribution in [3.8, 4) is 11.5 Å². The zero-order valence-electron chi connectivity index (χ0n) is 26.6. The van der Waals surface area contributed by atoms with Gasteiger partial charge in [-0.15, -0.1) is 0 Å². The van der Waals surface area contributed by atoms with Gasteiger partial charge in [-0.05, 0) is 75.2 Å². The molecule has 2 aromatic rings. The third kappa shape index (κ3) is 9.46. The summed E-state index contributed by atoms with van der Waals surface area (Å²) in [4.78, 5) is 0. The van der Waals surface area contributed by atoms with Gasteiger partial charge in [-0.3, -0.25) is 0 Å². The van der Waals surface area contributed by atoms with Gasteiger partial charge in [-0.2, -0.15) is 79.0 Å². The number of halogens is 18.